The normalized spacial score (nSPS) is 13.9. The number of nitrogens with one attached hydrogen (secondary N) is 1. The van der Waals surface area contributed by atoms with Crippen LogP contribution in [-0.2, 0) is 27.9 Å². The molecule has 3 N–H and O–H groups in total. The van der Waals surface area contributed by atoms with Crippen molar-refractivity contribution in [3.05, 3.63) is 108 Å². The van der Waals surface area contributed by atoms with Gasteiger partial charge < -0.3 is 5.73 Å². The summed E-state index contributed by atoms with van der Waals surface area (Å²) in [6.07, 6.45) is 0.353. The van der Waals surface area contributed by atoms with E-state index in [1.165, 1.54) is 0 Å². The summed E-state index contributed by atoms with van der Waals surface area (Å²) in [5.74, 6) is -0.117. The lowest BCUT2D eigenvalue weighted by Gasteiger charge is -2.31. The molecular formula is C21H22N2O2S. The van der Waals surface area contributed by atoms with Crippen LogP contribution < -0.4 is 10.5 Å². The largest absolute Gasteiger partial charge is 0.308 e. The fourth-order valence-electron chi connectivity index (χ4n) is 2.96. The van der Waals surface area contributed by atoms with E-state index in [0.29, 0.717) is 6.42 Å². The lowest BCUT2D eigenvalue weighted by Crippen LogP contribution is -2.54. The van der Waals surface area contributed by atoms with Crippen LogP contribution >= 0.6 is 0 Å². The first-order valence-corrected chi connectivity index (χ1v) is 10.1. The molecule has 26 heavy (non-hydrogen) atoms. The lowest BCUT2D eigenvalue weighted by atomic mass is 9.94. The van der Waals surface area contributed by atoms with Crippen LogP contribution in [0.5, 0.6) is 0 Å². The molecule has 0 saturated heterocycles. The number of sulfonamides is 1. The number of nitrogens with two attached hydrogens (primary N) is 1. The van der Waals surface area contributed by atoms with Crippen molar-refractivity contribution in [3.8, 4) is 0 Å². The third-order valence-corrected chi connectivity index (χ3v) is 5.54. The second-order valence-electron chi connectivity index (χ2n) is 6.35. The predicted molar refractivity (Wildman–Crippen MR) is 105 cm³/mol. The van der Waals surface area contributed by atoms with E-state index in [1.54, 1.807) is 12.1 Å². The molecule has 0 saturated carbocycles. The van der Waals surface area contributed by atoms with Gasteiger partial charge in [0.1, 0.15) is 5.66 Å². The van der Waals surface area contributed by atoms with Crippen LogP contribution in [0.15, 0.2) is 91.0 Å². The van der Waals surface area contributed by atoms with Crippen LogP contribution in [-0.4, -0.2) is 8.42 Å². The van der Waals surface area contributed by atoms with Crippen LogP contribution in [0.1, 0.15) is 16.7 Å². The molecule has 1 unspecified atom stereocenters. The number of benzene rings is 3. The first-order chi connectivity index (χ1) is 12.5. The average molecular weight is 366 g/mol. The summed E-state index contributed by atoms with van der Waals surface area (Å²) >= 11 is 0. The summed E-state index contributed by atoms with van der Waals surface area (Å²) in [6.45, 7) is 0. The van der Waals surface area contributed by atoms with Gasteiger partial charge in [0.2, 0.25) is 10.0 Å². The van der Waals surface area contributed by atoms with Crippen molar-refractivity contribution in [2.45, 2.75) is 17.8 Å². The van der Waals surface area contributed by atoms with Crippen molar-refractivity contribution in [1.82, 2.24) is 4.72 Å². The number of hydrogen-bond donors (Lipinski definition) is 2. The molecule has 4 nitrogen and oxygen atoms in total. The molecule has 0 heterocycles. The average Bonchev–Trinajstić information content (AvgIpc) is 2.63. The highest BCUT2D eigenvalue weighted by atomic mass is 32.2. The predicted octanol–water partition coefficient (Wildman–Crippen LogP) is 3.16. The molecule has 0 aliphatic carbocycles. The van der Waals surface area contributed by atoms with Gasteiger partial charge in [0.25, 0.3) is 0 Å². The van der Waals surface area contributed by atoms with Crippen LogP contribution in [0.4, 0.5) is 0 Å². The summed E-state index contributed by atoms with van der Waals surface area (Å²) in [7, 11) is -3.64. The first kappa shape index (κ1) is 18.3. The smallest absolute Gasteiger partial charge is 0.217 e. The third kappa shape index (κ3) is 4.79. The lowest BCUT2D eigenvalue weighted by molar-refractivity contribution is 0.404. The van der Waals surface area contributed by atoms with Crippen molar-refractivity contribution < 1.29 is 8.42 Å². The van der Waals surface area contributed by atoms with Gasteiger partial charge in [-0.15, -0.1) is 0 Å². The van der Waals surface area contributed by atoms with Crippen LogP contribution in [0.25, 0.3) is 0 Å². The second kappa shape index (κ2) is 7.83. The summed E-state index contributed by atoms with van der Waals surface area (Å²) in [4.78, 5) is 0. The Kier molecular flexibility index (Phi) is 5.52. The van der Waals surface area contributed by atoms with E-state index in [4.69, 9.17) is 5.73 Å². The number of rotatable bonds is 7. The molecule has 0 fully saturated rings. The van der Waals surface area contributed by atoms with Gasteiger partial charge in [-0.25, -0.2) is 8.42 Å². The number of hydrogen-bond acceptors (Lipinski definition) is 3. The zero-order valence-electron chi connectivity index (χ0n) is 14.4. The molecule has 1 atom stereocenters. The molecule has 0 aliphatic rings. The maximum absolute atomic E-state index is 12.8. The van der Waals surface area contributed by atoms with Crippen LogP contribution in [0, 0.1) is 0 Å². The summed E-state index contributed by atoms with van der Waals surface area (Å²) in [5, 5.41) is 0. The maximum atomic E-state index is 12.8. The van der Waals surface area contributed by atoms with Gasteiger partial charge in [0, 0.05) is 6.42 Å². The van der Waals surface area contributed by atoms with Crippen molar-refractivity contribution in [3.63, 3.8) is 0 Å². The van der Waals surface area contributed by atoms with Gasteiger partial charge in [-0.1, -0.05) is 91.0 Å². The Hall–Kier alpha value is -2.47. The van der Waals surface area contributed by atoms with E-state index in [0.717, 1.165) is 16.7 Å². The topological polar surface area (TPSA) is 72.2 Å². The van der Waals surface area contributed by atoms with Gasteiger partial charge in [-0.2, -0.15) is 4.72 Å². The van der Waals surface area contributed by atoms with Crippen LogP contribution in [0.3, 0.4) is 0 Å². The summed E-state index contributed by atoms with van der Waals surface area (Å²) in [6, 6.07) is 28.0. The monoisotopic (exact) mass is 366 g/mol. The van der Waals surface area contributed by atoms with Gasteiger partial charge in [-0.05, 0) is 16.7 Å². The van der Waals surface area contributed by atoms with Gasteiger partial charge in [0.15, 0.2) is 0 Å². The summed E-state index contributed by atoms with van der Waals surface area (Å²) < 4.78 is 28.3. The second-order valence-corrected chi connectivity index (χ2v) is 8.07. The molecule has 3 aromatic rings. The van der Waals surface area contributed by atoms with E-state index >= 15 is 0 Å². The van der Waals surface area contributed by atoms with Gasteiger partial charge >= 0.3 is 0 Å². The minimum Gasteiger partial charge on any atom is -0.308 e. The van der Waals surface area contributed by atoms with Crippen LogP contribution in [0.2, 0.25) is 0 Å². The van der Waals surface area contributed by atoms with Crippen molar-refractivity contribution in [2.24, 2.45) is 5.73 Å². The Morgan fingerprint density at radius 3 is 1.73 bits per heavy atom. The standard InChI is InChI=1S/C21H22N2O2S/c22-21(20-14-8-3-9-15-20,16-18-10-4-1-5-11-18)23-26(24,25)17-19-12-6-2-7-13-19/h1-15,23H,16-17,22H2. The fraction of sp³-hybridized carbons (Fsp3) is 0.143. The zero-order valence-corrected chi connectivity index (χ0v) is 15.2. The third-order valence-electron chi connectivity index (χ3n) is 4.15. The van der Waals surface area contributed by atoms with Crippen molar-refractivity contribution >= 4 is 10.0 Å². The van der Waals surface area contributed by atoms with E-state index in [9.17, 15) is 8.42 Å². The molecule has 5 heteroatoms. The molecule has 0 spiro atoms. The Morgan fingerprint density at radius 1 is 0.731 bits per heavy atom. The quantitative estimate of drug-likeness (QED) is 0.631. The molecule has 134 valence electrons. The molecule has 0 radical (unpaired) electrons. The van der Waals surface area contributed by atoms with Gasteiger partial charge in [-0.3, -0.25) is 0 Å². The SMILES string of the molecule is NC(Cc1ccccc1)(NS(=O)(=O)Cc1ccccc1)c1ccccc1. The minimum absolute atomic E-state index is 0.117. The van der Waals surface area contributed by atoms with E-state index in [1.807, 2.05) is 78.9 Å². The Morgan fingerprint density at radius 2 is 1.19 bits per heavy atom. The van der Waals surface area contributed by atoms with Crippen molar-refractivity contribution in [1.29, 1.82) is 0 Å². The minimum atomic E-state index is -3.64. The molecule has 0 bridgehead atoms. The molecule has 3 aromatic carbocycles. The van der Waals surface area contributed by atoms with E-state index in [-0.39, 0.29) is 5.75 Å². The van der Waals surface area contributed by atoms with E-state index in [2.05, 4.69) is 4.72 Å². The Labute approximate surface area is 154 Å². The molecule has 0 aliphatic heterocycles. The summed E-state index contributed by atoms with van der Waals surface area (Å²) in [5.41, 5.74) is 7.77. The maximum Gasteiger partial charge on any atom is 0.217 e. The first-order valence-electron chi connectivity index (χ1n) is 8.41. The Balaban J connectivity index is 1.90. The molecule has 3 rings (SSSR count). The molecular weight excluding hydrogens is 344 g/mol. The molecule has 0 aromatic heterocycles. The van der Waals surface area contributed by atoms with E-state index < -0.39 is 15.7 Å². The Bertz CT molecular complexity index is 930. The highest BCUT2D eigenvalue weighted by Gasteiger charge is 2.32. The fourth-order valence-corrected chi connectivity index (χ4v) is 4.41. The highest BCUT2D eigenvalue weighted by molar-refractivity contribution is 7.88. The van der Waals surface area contributed by atoms with Gasteiger partial charge in [0.05, 0.1) is 5.75 Å². The highest BCUT2D eigenvalue weighted by Crippen LogP contribution is 2.22. The molecule has 0 amide bonds. The van der Waals surface area contributed by atoms with Crippen molar-refractivity contribution in [2.75, 3.05) is 0 Å². The zero-order chi connectivity index (χ0) is 18.5.